The van der Waals surface area contributed by atoms with E-state index in [0.717, 1.165) is 6.54 Å². The molecule has 0 bridgehead atoms. The number of aromatic nitrogens is 2. The minimum Gasteiger partial charge on any atom is -0.463 e. The summed E-state index contributed by atoms with van der Waals surface area (Å²) in [6.45, 7) is 0.893. The van der Waals surface area contributed by atoms with Gasteiger partial charge in [0.15, 0.2) is 0 Å². The number of esters is 1. The van der Waals surface area contributed by atoms with Crippen LogP contribution in [-0.2, 0) is 4.74 Å². The van der Waals surface area contributed by atoms with E-state index in [0.29, 0.717) is 11.7 Å². The molecule has 0 saturated carbocycles. The van der Waals surface area contributed by atoms with Gasteiger partial charge in [-0.25, -0.2) is 14.8 Å². The number of rotatable bonds is 4. The van der Waals surface area contributed by atoms with E-state index < -0.39 is 5.97 Å². The highest BCUT2D eigenvalue weighted by Gasteiger charge is 2.15. The van der Waals surface area contributed by atoms with Crippen LogP contribution in [0.1, 0.15) is 17.0 Å². The summed E-state index contributed by atoms with van der Waals surface area (Å²) in [6.07, 6.45) is 2.80. The van der Waals surface area contributed by atoms with Crippen molar-refractivity contribution in [2.45, 2.75) is 6.42 Å². The molecule has 1 saturated heterocycles. The van der Waals surface area contributed by atoms with Gasteiger partial charge in [0.2, 0.25) is 5.82 Å². The number of nitrogens with one attached hydrogen (secondary N) is 1. The lowest BCUT2D eigenvalue weighted by molar-refractivity contribution is 0.0587. The first-order valence-electron chi connectivity index (χ1n) is 5.52. The Kier molecular flexibility index (Phi) is 4.19. The van der Waals surface area contributed by atoms with Gasteiger partial charge in [-0.15, -0.1) is 0 Å². The maximum Gasteiger partial charge on any atom is 0.376 e. The van der Waals surface area contributed by atoms with Crippen molar-refractivity contribution in [2.24, 2.45) is 5.92 Å². The Hall–Kier alpha value is -1.30. The van der Waals surface area contributed by atoms with Crippen molar-refractivity contribution < 1.29 is 9.53 Å². The summed E-state index contributed by atoms with van der Waals surface area (Å²) in [5, 5.41) is 3.23. The molecule has 2 heterocycles. The van der Waals surface area contributed by atoms with Crippen LogP contribution < -0.4 is 5.32 Å². The lowest BCUT2D eigenvalue weighted by atomic mass is 10.1. The fourth-order valence-electron chi connectivity index (χ4n) is 1.64. The molecule has 92 valence electrons. The number of anilines is 1. The van der Waals surface area contributed by atoms with E-state index in [1.807, 2.05) is 11.8 Å². The Balaban J connectivity index is 1.93. The van der Waals surface area contributed by atoms with Crippen LogP contribution in [0, 0.1) is 5.92 Å². The average molecular weight is 253 g/mol. The normalized spacial score (nSPS) is 19.0. The zero-order chi connectivity index (χ0) is 12.1. The second-order valence-electron chi connectivity index (χ2n) is 3.87. The summed E-state index contributed by atoms with van der Waals surface area (Å²) >= 11 is 1.98. The van der Waals surface area contributed by atoms with Crippen LogP contribution in [-0.4, -0.2) is 41.1 Å². The highest BCUT2D eigenvalue weighted by Crippen LogP contribution is 2.23. The van der Waals surface area contributed by atoms with E-state index in [9.17, 15) is 4.79 Å². The highest BCUT2D eigenvalue weighted by atomic mass is 32.2. The minimum absolute atomic E-state index is 0.0956. The van der Waals surface area contributed by atoms with Crippen molar-refractivity contribution in [1.29, 1.82) is 0 Å². The van der Waals surface area contributed by atoms with Crippen LogP contribution in [0.2, 0.25) is 0 Å². The van der Waals surface area contributed by atoms with Gasteiger partial charge in [0, 0.05) is 12.7 Å². The van der Waals surface area contributed by atoms with Crippen molar-refractivity contribution in [3.8, 4) is 0 Å². The first-order chi connectivity index (χ1) is 8.29. The van der Waals surface area contributed by atoms with Gasteiger partial charge in [-0.3, -0.25) is 0 Å². The van der Waals surface area contributed by atoms with Crippen molar-refractivity contribution in [1.82, 2.24) is 9.97 Å². The van der Waals surface area contributed by atoms with E-state index in [-0.39, 0.29) is 5.82 Å². The lowest BCUT2D eigenvalue weighted by Crippen LogP contribution is -2.16. The van der Waals surface area contributed by atoms with Crippen molar-refractivity contribution in [3.63, 3.8) is 0 Å². The highest BCUT2D eigenvalue weighted by molar-refractivity contribution is 7.99. The summed E-state index contributed by atoms with van der Waals surface area (Å²) in [7, 11) is 1.32. The van der Waals surface area contributed by atoms with E-state index in [2.05, 4.69) is 20.0 Å². The summed E-state index contributed by atoms with van der Waals surface area (Å²) in [5.41, 5.74) is 0. The Morgan fingerprint density at radius 2 is 2.59 bits per heavy atom. The molecule has 1 fully saturated rings. The van der Waals surface area contributed by atoms with Crippen molar-refractivity contribution in [2.75, 3.05) is 30.5 Å². The Morgan fingerprint density at radius 1 is 1.71 bits per heavy atom. The SMILES string of the molecule is COC(=O)c1nccc(NCC2CCSC2)n1. The predicted molar refractivity (Wildman–Crippen MR) is 67.3 cm³/mol. The van der Waals surface area contributed by atoms with Gasteiger partial charge >= 0.3 is 5.97 Å². The number of hydrogen-bond donors (Lipinski definition) is 1. The first kappa shape index (κ1) is 12.2. The van der Waals surface area contributed by atoms with Crippen molar-refractivity contribution >= 4 is 23.5 Å². The molecule has 1 aliphatic rings. The number of carbonyl (C=O) groups is 1. The smallest absolute Gasteiger partial charge is 0.376 e. The number of carbonyl (C=O) groups excluding carboxylic acids is 1. The predicted octanol–water partition coefficient (Wildman–Crippen LogP) is 1.43. The van der Waals surface area contributed by atoms with E-state index in [1.165, 1.54) is 25.0 Å². The molecule has 1 unspecified atom stereocenters. The number of nitrogens with zero attached hydrogens (tertiary/aromatic N) is 2. The fourth-order valence-corrected chi connectivity index (χ4v) is 2.92. The van der Waals surface area contributed by atoms with Gasteiger partial charge < -0.3 is 10.1 Å². The molecule has 0 aromatic carbocycles. The molecular weight excluding hydrogens is 238 g/mol. The summed E-state index contributed by atoms with van der Waals surface area (Å²) in [6, 6.07) is 1.76. The van der Waals surface area contributed by atoms with Gasteiger partial charge in [-0.05, 0) is 29.9 Å². The number of thioether (sulfide) groups is 1. The van der Waals surface area contributed by atoms with Gasteiger partial charge in [-0.1, -0.05) is 0 Å². The molecular formula is C11H15N3O2S. The fraction of sp³-hybridized carbons (Fsp3) is 0.545. The standard InChI is InChI=1S/C11H15N3O2S/c1-16-11(15)10-12-4-2-9(14-10)13-6-8-3-5-17-7-8/h2,4,8H,3,5-7H2,1H3,(H,12,13,14). The van der Waals surface area contributed by atoms with Gasteiger partial charge in [0.05, 0.1) is 7.11 Å². The minimum atomic E-state index is -0.509. The third-order valence-corrected chi connectivity index (χ3v) is 3.85. The molecule has 17 heavy (non-hydrogen) atoms. The summed E-state index contributed by atoms with van der Waals surface area (Å²) < 4.78 is 4.57. The van der Waals surface area contributed by atoms with Gasteiger partial charge in [0.25, 0.3) is 0 Å². The molecule has 1 aromatic heterocycles. The zero-order valence-corrected chi connectivity index (χ0v) is 10.5. The van der Waals surface area contributed by atoms with Crippen LogP contribution in [0.3, 0.4) is 0 Å². The largest absolute Gasteiger partial charge is 0.463 e. The number of hydrogen-bond acceptors (Lipinski definition) is 6. The molecule has 1 aliphatic heterocycles. The molecule has 0 aliphatic carbocycles. The van der Waals surface area contributed by atoms with E-state index in [1.54, 1.807) is 12.3 Å². The third kappa shape index (κ3) is 3.33. The zero-order valence-electron chi connectivity index (χ0n) is 9.68. The summed E-state index contributed by atoms with van der Waals surface area (Å²) in [5.74, 6) is 3.39. The molecule has 0 radical (unpaired) electrons. The van der Waals surface area contributed by atoms with Crippen LogP contribution in [0.15, 0.2) is 12.3 Å². The van der Waals surface area contributed by atoms with Crippen LogP contribution in [0.5, 0.6) is 0 Å². The maximum absolute atomic E-state index is 11.2. The number of methoxy groups -OCH3 is 1. The van der Waals surface area contributed by atoms with Gasteiger partial charge in [-0.2, -0.15) is 11.8 Å². The van der Waals surface area contributed by atoms with Crippen LogP contribution >= 0.6 is 11.8 Å². The van der Waals surface area contributed by atoms with Crippen LogP contribution in [0.25, 0.3) is 0 Å². The molecule has 0 amide bonds. The molecule has 1 aromatic rings. The molecule has 1 atom stereocenters. The van der Waals surface area contributed by atoms with Crippen LogP contribution in [0.4, 0.5) is 5.82 Å². The topological polar surface area (TPSA) is 64.1 Å². The number of ether oxygens (including phenoxy) is 1. The third-order valence-electron chi connectivity index (χ3n) is 2.62. The van der Waals surface area contributed by atoms with Crippen molar-refractivity contribution in [3.05, 3.63) is 18.1 Å². The monoisotopic (exact) mass is 253 g/mol. The molecule has 6 heteroatoms. The molecule has 0 spiro atoms. The molecule has 5 nitrogen and oxygen atoms in total. The Bertz CT molecular complexity index is 394. The quantitative estimate of drug-likeness (QED) is 0.819. The summed E-state index contributed by atoms with van der Waals surface area (Å²) in [4.78, 5) is 19.2. The van der Waals surface area contributed by atoms with E-state index >= 15 is 0 Å². The maximum atomic E-state index is 11.2. The Morgan fingerprint density at radius 3 is 3.29 bits per heavy atom. The molecule has 1 N–H and O–H groups in total. The van der Waals surface area contributed by atoms with E-state index in [4.69, 9.17) is 0 Å². The second kappa shape index (κ2) is 5.86. The van der Waals surface area contributed by atoms with Gasteiger partial charge in [0.1, 0.15) is 5.82 Å². The Labute approximate surface area is 104 Å². The average Bonchev–Trinajstić information content (AvgIpc) is 2.89. The lowest BCUT2D eigenvalue weighted by Gasteiger charge is -2.10. The second-order valence-corrected chi connectivity index (χ2v) is 5.02. The first-order valence-corrected chi connectivity index (χ1v) is 6.68. The molecule has 2 rings (SSSR count).